The number of anilines is 2. The molecule has 0 fully saturated rings. The highest BCUT2D eigenvalue weighted by atomic mass is 16.4. The number of aromatic carboxylic acids is 1. The lowest BCUT2D eigenvalue weighted by atomic mass is 9.93. The Bertz CT molecular complexity index is 706. The number of carboxylic acids is 1. The lowest BCUT2D eigenvalue weighted by Gasteiger charge is -2.34. The lowest BCUT2D eigenvalue weighted by Crippen LogP contribution is -2.32. The number of carbonyl (C=O) groups is 1. The largest absolute Gasteiger partial charge is 0.477 e. The molecule has 21 heavy (non-hydrogen) atoms. The highest BCUT2D eigenvalue weighted by Gasteiger charge is 2.30. The molecule has 1 N–H and O–H groups in total. The molecule has 0 amide bonds. The topological polar surface area (TPSA) is 58.4 Å². The highest BCUT2D eigenvalue weighted by molar-refractivity contribution is 5.96. The fourth-order valence-electron chi connectivity index (χ4n) is 3.20. The number of fused-ring (bicyclic) bond motifs is 1. The number of benzene rings is 1. The molecule has 1 atom stereocenters. The third kappa shape index (κ3) is 2.18. The van der Waals surface area contributed by atoms with E-state index >= 15 is 0 Å². The van der Waals surface area contributed by atoms with Gasteiger partial charge in [-0.3, -0.25) is 4.68 Å². The fraction of sp³-hybridized carbons (Fsp3) is 0.375. The normalized spacial score (nSPS) is 17.7. The van der Waals surface area contributed by atoms with E-state index in [1.165, 1.54) is 5.56 Å². The van der Waals surface area contributed by atoms with E-state index in [-0.39, 0.29) is 0 Å². The molecule has 110 valence electrons. The van der Waals surface area contributed by atoms with Crippen molar-refractivity contribution in [3.05, 3.63) is 41.1 Å². The molecule has 2 aromatic rings. The first-order valence-corrected chi connectivity index (χ1v) is 7.11. The first-order valence-electron chi connectivity index (χ1n) is 7.11. The third-order valence-electron chi connectivity index (χ3n) is 4.01. The molecule has 1 aliphatic rings. The van der Waals surface area contributed by atoms with Crippen LogP contribution in [-0.4, -0.2) is 27.4 Å². The van der Waals surface area contributed by atoms with Gasteiger partial charge in [0.1, 0.15) is 11.4 Å². The summed E-state index contributed by atoms with van der Waals surface area (Å²) in [7, 11) is 1.80. The van der Waals surface area contributed by atoms with Crippen LogP contribution in [0.1, 0.15) is 28.5 Å². The Labute approximate surface area is 123 Å². The summed E-state index contributed by atoms with van der Waals surface area (Å²) in [6, 6.07) is 8.18. The molecule has 1 aromatic heterocycles. The number of para-hydroxylation sites is 1. The van der Waals surface area contributed by atoms with Crippen LogP contribution in [0.15, 0.2) is 24.3 Å². The zero-order valence-corrected chi connectivity index (χ0v) is 12.5. The smallest absolute Gasteiger partial charge is 0.341 e. The molecule has 0 saturated heterocycles. The minimum absolute atomic E-state index is 0.293. The van der Waals surface area contributed by atoms with Crippen molar-refractivity contribution in [1.29, 1.82) is 0 Å². The second kappa shape index (κ2) is 4.91. The van der Waals surface area contributed by atoms with Gasteiger partial charge in [0.2, 0.25) is 0 Å². The van der Waals surface area contributed by atoms with Crippen molar-refractivity contribution in [3.8, 4) is 0 Å². The van der Waals surface area contributed by atoms with Crippen LogP contribution in [-0.2, 0) is 13.5 Å². The SMILES string of the molecule is Cc1nn(C)c(N2CC(C)Cc3ccccc32)c1C(=O)O. The van der Waals surface area contributed by atoms with Crippen molar-refractivity contribution in [2.75, 3.05) is 11.4 Å². The second-order valence-corrected chi connectivity index (χ2v) is 5.76. The van der Waals surface area contributed by atoms with Gasteiger partial charge in [-0.1, -0.05) is 25.1 Å². The quantitative estimate of drug-likeness (QED) is 0.921. The second-order valence-electron chi connectivity index (χ2n) is 5.76. The molecule has 0 radical (unpaired) electrons. The van der Waals surface area contributed by atoms with Gasteiger partial charge in [-0.2, -0.15) is 5.10 Å². The fourth-order valence-corrected chi connectivity index (χ4v) is 3.20. The van der Waals surface area contributed by atoms with E-state index in [1.807, 2.05) is 12.1 Å². The summed E-state index contributed by atoms with van der Waals surface area (Å²) < 4.78 is 1.67. The van der Waals surface area contributed by atoms with Crippen LogP contribution in [0.2, 0.25) is 0 Å². The summed E-state index contributed by atoms with van der Waals surface area (Å²) in [5.41, 5.74) is 3.18. The first-order chi connectivity index (χ1) is 9.99. The zero-order chi connectivity index (χ0) is 15.1. The van der Waals surface area contributed by atoms with Gasteiger partial charge < -0.3 is 10.0 Å². The Hall–Kier alpha value is -2.30. The number of aryl methyl sites for hydroxylation is 2. The van der Waals surface area contributed by atoms with Crippen molar-refractivity contribution in [3.63, 3.8) is 0 Å². The van der Waals surface area contributed by atoms with Gasteiger partial charge in [-0.15, -0.1) is 0 Å². The molecule has 0 bridgehead atoms. The number of hydrogen-bond donors (Lipinski definition) is 1. The maximum atomic E-state index is 11.6. The molecule has 3 rings (SSSR count). The van der Waals surface area contributed by atoms with Crippen molar-refractivity contribution < 1.29 is 9.90 Å². The zero-order valence-electron chi connectivity index (χ0n) is 12.5. The Morgan fingerprint density at radius 2 is 2.10 bits per heavy atom. The molecule has 1 unspecified atom stereocenters. The standard InChI is InChI=1S/C16H19N3O2/c1-10-8-12-6-4-5-7-13(12)19(9-10)15-14(16(20)21)11(2)17-18(15)3/h4-7,10H,8-9H2,1-3H3,(H,20,21). The average Bonchev–Trinajstić information content (AvgIpc) is 2.72. The lowest BCUT2D eigenvalue weighted by molar-refractivity contribution is 0.0697. The van der Waals surface area contributed by atoms with Gasteiger partial charge >= 0.3 is 5.97 Å². The number of carboxylic acid groups (broad SMARTS) is 1. The summed E-state index contributed by atoms with van der Waals surface area (Å²) in [5.74, 6) is 0.210. The summed E-state index contributed by atoms with van der Waals surface area (Å²) in [5, 5.41) is 13.8. The molecule has 1 aromatic carbocycles. The van der Waals surface area contributed by atoms with Crippen LogP contribution in [0, 0.1) is 12.8 Å². The molecule has 5 heteroatoms. The van der Waals surface area contributed by atoms with E-state index in [2.05, 4.69) is 29.1 Å². The summed E-state index contributed by atoms with van der Waals surface area (Å²) in [6.07, 6.45) is 1.02. The Morgan fingerprint density at radius 3 is 2.81 bits per heavy atom. The molecular formula is C16H19N3O2. The summed E-state index contributed by atoms with van der Waals surface area (Å²) in [6.45, 7) is 4.73. The molecule has 5 nitrogen and oxygen atoms in total. The van der Waals surface area contributed by atoms with Gasteiger partial charge in [0.15, 0.2) is 0 Å². The first kappa shape index (κ1) is 13.7. The van der Waals surface area contributed by atoms with Crippen molar-refractivity contribution in [2.45, 2.75) is 20.3 Å². The predicted octanol–water partition coefficient (Wildman–Crippen LogP) is 2.76. The number of hydrogen-bond acceptors (Lipinski definition) is 3. The molecule has 0 aliphatic carbocycles. The van der Waals surface area contributed by atoms with Gasteiger partial charge in [0, 0.05) is 19.3 Å². The van der Waals surface area contributed by atoms with Crippen LogP contribution in [0.4, 0.5) is 11.5 Å². The van der Waals surface area contributed by atoms with E-state index in [9.17, 15) is 9.90 Å². The van der Waals surface area contributed by atoms with E-state index in [4.69, 9.17) is 0 Å². The molecule has 1 aliphatic heterocycles. The van der Waals surface area contributed by atoms with E-state index < -0.39 is 5.97 Å². The van der Waals surface area contributed by atoms with Crippen LogP contribution < -0.4 is 4.90 Å². The van der Waals surface area contributed by atoms with Crippen LogP contribution >= 0.6 is 0 Å². The molecular weight excluding hydrogens is 266 g/mol. The van der Waals surface area contributed by atoms with Crippen molar-refractivity contribution >= 4 is 17.5 Å². The highest BCUT2D eigenvalue weighted by Crippen LogP contribution is 2.37. The Balaban J connectivity index is 2.20. The number of nitrogens with zero attached hydrogens (tertiary/aromatic N) is 3. The van der Waals surface area contributed by atoms with E-state index in [0.29, 0.717) is 23.0 Å². The molecule has 0 spiro atoms. The van der Waals surface area contributed by atoms with Gasteiger partial charge in [0.25, 0.3) is 0 Å². The monoisotopic (exact) mass is 285 g/mol. The molecule has 2 heterocycles. The molecule has 0 saturated carbocycles. The van der Waals surface area contributed by atoms with Gasteiger partial charge in [0.05, 0.1) is 5.69 Å². The minimum Gasteiger partial charge on any atom is -0.477 e. The maximum absolute atomic E-state index is 11.6. The number of aromatic nitrogens is 2. The summed E-state index contributed by atoms with van der Waals surface area (Å²) >= 11 is 0. The average molecular weight is 285 g/mol. The van der Waals surface area contributed by atoms with E-state index in [0.717, 1.165) is 18.7 Å². The van der Waals surface area contributed by atoms with Crippen molar-refractivity contribution in [1.82, 2.24) is 9.78 Å². The summed E-state index contributed by atoms with van der Waals surface area (Å²) in [4.78, 5) is 13.7. The van der Waals surface area contributed by atoms with Crippen molar-refractivity contribution in [2.24, 2.45) is 13.0 Å². The van der Waals surface area contributed by atoms with Crippen LogP contribution in [0.25, 0.3) is 0 Å². The Morgan fingerprint density at radius 1 is 1.38 bits per heavy atom. The number of rotatable bonds is 2. The third-order valence-corrected chi connectivity index (χ3v) is 4.01. The van der Waals surface area contributed by atoms with Crippen LogP contribution in [0.5, 0.6) is 0 Å². The Kier molecular flexibility index (Phi) is 3.20. The van der Waals surface area contributed by atoms with Crippen LogP contribution in [0.3, 0.4) is 0 Å². The van der Waals surface area contributed by atoms with Gasteiger partial charge in [-0.25, -0.2) is 4.79 Å². The van der Waals surface area contributed by atoms with Gasteiger partial charge in [-0.05, 0) is 30.9 Å². The predicted molar refractivity (Wildman–Crippen MR) is 81.2 cm³/mol. The maximum Gasteiger partial charge on any atom is 0.341 e. The van der Waals surface area contributed by atoms with E-state index in [1.54, 1.807) is 18.7 Å². The minimum atomic E-state index is -0.925.